The van der Waals surface area contributed by atoms with Crippen LogP contribution in [0.1, 0.15) is 46.0 Å². The number of nitrogens with two attached hydrogens (primary N) is 1. The van der Waals surface area contributed by atoms with Crippen molar-refractivity contribution in [1.29, 1.82) is 0 Å². The standard InChI is InChI=1S/C21H38N4O7S2/c1-5-12(2)17(25-18(28)13(22)6-7-16(26)27)20(30)23-14(8-10-33-3)19(29)24-15(21(31)32)9-11-34-4/h12-15,17H,5-11,22H2,1-4H3,(H,23,30)(H,24,29)(H,25,28)(H,26,27)(H,31,32). The topological polar surface area (TPSA) is 188 Å². The lowest BCUT2D eigenvalue weighted by atomic mass is 9.97. The van der Waals surface area contributed by atoms with E-state index in [1.807, 2.05) is 19.4 Å². The van der Waals surface area contributed by atoms with Gasteiger partial charge in [0.25, 0.3) is 0 Å². The van der Waals surface area contributed by atoms with E-state index in [4.69, 9.17) is 10.8 Å². The van der Waals surface area contributed by atoms with E-state index in [-0.39, 0.29) is 31.6 Å². The molecule has 0 saturated heterocycles. The van der Waals surface area contributed by atoms with E-state index in [1.165, 1.54) is 23.5 Å². The summed E-state index contributed by atoms with van der Waals surface area (Å²) in [5, 5.41) is 25.9. The predicted molar refractivity (Wildman–Crippen MR) is 134 cm³/mol. The quantitative estimate of drug-likeness (QED) is 0.146. The lowest BCUT2D eigenvalue weighted by Crippen LogP contribution is -2.58. The van der Waals surface area contributed by atoms with Crippen LogP contribution in [0, 0.1) is 5.92 Å². The van der Waals surface area contributed by atoms with E-state index in [1.54, 1.807) is 6.92 Å². The average Bonchev–Trinajstić information content (AvgIpc) is 2.79. The first kappa shape index (κ1) is 32.0. The van der Waals surface area contributed by atoms with E-state index in [0.717, 1.165) is 0 Å². The molecule has 0 bridgehead atoms. The van der Waals surface area contributed by atoms with Gasteiger partial charge in [-0.1, -0.05) is 20.3 Å². The Morgan fingerprint density at radius 2 is 1.35 bits per heavy atom. The highest BCUT2D eigenvalue weighted by atomic mass is 32.2. The molecule has 0 rings (SSSR count). The van der Waals surface area contributed by atoms with Gasteiger partial charge in [0.15, 0.2) is 0 Å². The van der Waals surface area contributed by atoms with Gasteiger partial charge >= 0.3 is 11.9 Å². The molecule has 0 aromatic carbocycles. The summed E-state index contributed by atoms with van der Waals surface area (Å²) in [5.41, 5.74) is 5.76. The van der Waals surface area contributed by atoms with Gasteiger partial charge in [0.1, 0.15) is 18.1 Å². The maximum absolute atomic E-state index is 13.1. The van der Waals surface area contributed by atoms with Crippen LogP contribution in [0.25, 0.3) is 0 Å². The number of aliphatic carboxylic acids is 2. The lowest BCUT2D eigenvalue weighted by molar-refractivity contribution is -0.142. The molecule has 0 aromatic rings. The Morgan fingerprint density at radius 3 is 1.82 bits per heavy atom. The summed E-state index contributed by atoms with van der Waals surface area (Å²) in [7, 11) is 0. The molecule has 0 aliphatic heterocycles. The van der Waals surface area contributed by atoms with Gasteiger partial charge in [-0.2, -0.15) is 23.5 Å². The molecule has 0 spiro atoms. The van der Waals surface area contributed by atoms with Crippen LogP contribution in [-0.4, -0.2) is 88.1 Å². The third kappa shape index (κ3) is 12.5. The largest absolute Gasteiger partial charge is 0.481 e. The van der Waals surface area contributed by atoms with E-state index >= 15 is 0 Å². The van der Waals surface area contributed by atoms with Gasteiger partial charge in [-0.25, -0.2) is 4.79 Å². The van der Waals surface area contributed by atoms with Gasteiger partial charge in [0.05, 0.1) is 6.04 Å². The molecule has 34 heavy (non-hydrogen) atoms. The fourth-order valence-electron chi connectivity index (χ4n) is 2.90. The Balaban J connectivity index is 5.44. The van der Waals surface area contributed by atoms with Crippen LogP contribution >= 0.6 is 23.5 Å². The molecular formula is C21H38N4O7S2. The van der Waals surface area contributed by atoms with Crippen molar-refractivity contribution in [2.45, 2.75) is 70.1 Å². The number of hydrogen-bond donors (Lipinski definition) is 6. The first-order valence-corrected chi connectivity index (χ1v) is 13.9. The van der Waals surface area contributed by atoms with Crippen molar-refractivity contribution in [3.8, 4) is 0 Å². The number of thioether (sulfide) groups is 2. The summed E-state index contributed by atoms with van der Waals surface area (Å²) in [4.78, 5) is 60.6. The summed E-state index contributed by atoms with van der Waals surface area (Å²) in [6, 6.07) is -4.16. The van der Waals surface area contributed by atoms with Crippen molar-refractivity contribution in [1.82, 2.24) is 16.0 Å². The van der Waals surface area contributed by atoms with Gasteiger partial charge < -0.3 is 31.9 Å². The van der Waals surface area contributed by atoms with E-state index in [2.05, 4.69) is 16.0 Å². The molecular weight excluding hydrogens is 484 g/mol. The molecule has 13 heteroatoms. The van der Waals surface area contributed by atoms with Gasteiger partial charge in [0, 0.05) is 6.42 Å². The molecule has 3 amide bonds. The predicted octanol–water partition coefficient (Wildman–Crippen LogP) is 0.270. The molecule has 0 fully saturated rings. The number of carboxylic acid groups (broad SMARTS) is 2. The Labute approximate surface area is 209 Å². The third-order valence-electron chi connectivity index (χ3n) is 5.27. The first-order valence-electron chi connectivity index (χ1n) is 11.1. The van der Waals surface area contributed by atoms with Crippen molar-refractivity contribution in [2.75, 3.05) is 24.0 Å². The Bertz CT molecular complexity index is 696. The van der Waals surface area contributed by atoms with Crippen LogP contribution < -0.4 is 21.7 Å². The Morgan fingerprint density at radius 1 is 0.824 bits per heavy atom. The highest BCUT2D eigenvalue weighted by molar-refractivity contribution is 7.98. The third-order valence-corrected chi connectivity index (χ3v) is 6.56. The SMILES string of the molecule is CCC(C)C(NC(=O)C(N)CCC(=O)O)C(=O)NC(CCSC)C(=O)NC(CCSC)C(=O)O. The maximum Gasteiger partial charge on any atom is 0.326 e. The van der Waals surface area contributed by atoms with Crippen LogP contribution in [0.2, 0.25) is 0 Å². The first-order chi connectivity index (χ1) is 16.0. The van der Waals surface area contributed by atoms with Gasteiger partial charge in [-0.3, -0.25) is 19.2 Å². The zero-order chi connectivity index (χ0) is 26.3. The van der Waals surface area contributed by atoms with Gasteiger partial charge in [0.2, 0.25) is 17.7 Å². The number of hydrogen-bond acceptors (Lipinski definition) is 8. The van der Waals surface area contributed by atoms with Crippen molar-refractivity contribution >= 4 is 53.2 Å². The highest BCUT2D eigenvalue weighted by Gasteiger charge is 2.32. The molecule has 0 saturated carbocycles. The smallest absolute Gasteiger partial charge is 0.326 e. The van der Waals surface area contributed by atoms with Crippen LogP contribution in [0.4, 0.5) is 0 Å². The molecule has 5 unspecified atom stereocenters. The summed E-state index contributed by atoms with van der Waals surface area (Å²) >= 11 is 2.93. The molecule has 0 heterocycles. The van der Waals surface area contributed by atoms with Crippen LogP contribution in [0.15, 0.2) is 0 Å². The second kappa shape index (κ2) is 17.4. The second-order valence-corrected chi connectivity index (χ2v) is 9.91. The van der Waals surface area contributed by atoms with Crippen molar-refractivity contribution in [3.63, 3.8) is 0 Å². The Hall–Kier alpha value is -1.99. The minimum absolute atomic E-state index is 0.0820. The molecule has 0 aromatic heterocycles. The highest BCUT2D eigenvalue weighted by Crippen LogP contribution is 2.11. The molecule has 196 valence electrons. The van der Waals surface area contributed by atoms with Gasteiger partial charge in [-0.15, -0.1) is 0 Å². The van der Waals surface area contributed by atoms with Gasteiger partial charge in [-0.05, 0) is 49.2 Å². The van der Waals surface area contributed by atoms with E-state index in [9.17, 15) is 29.1 Å². The number of carboxylic acids is 2. The summed E-state index contributed by atoms with van der Waals surface area (Å²) in [6.07, 6.45) is 4.36. The summed E-state index contributed by atoms with van der Waals surface area (Å²) in [6.45, 7) is 3.59. The Kier molecular flexibility index (Phi) is 16.4. The summed E-state index contributed by atoms with van der Waals surface area (Å²) in [5.74, 6) is -3.31. The molecule has 11 nitrogen and oxygen atoms in total. The maximum atomic E-state index is 13.1. The number of carbonyl (C=O) groups excluding carboxylic acids is 3. The van der Waals surface area contributed by atoms with Crippen LogP contribution in [0.5, 0.6) is 0 Å². The molecule has 7 N–H and O–H groups in total. The fourth-order valence-corrected chi connectivity index (χ4v) is 3.85. The fraction of sp³-hybridized carbons (Fsp3) is 0.762. The molecule has 0 radical (unpaired) electrons. The van der Waals surface area contributed by atoms with Crippen molar-refractivity contribution < 1.29 is 34.2 Å². The average molecular weight is 523 g/mol. The van der Waals surface area contributed by atoms with E-state index < -0.39 is 53.8 Å². The monoisotopic (exact) mass is 522 g/mol. The molecule has 5 atom stereocenters. The van der Waals surface area contributed by atoms with Crippen LogP contribution in [0.3, 0.4) is 0 Å². The number of amides is 3. The second-order valence-electron chi connectivity index (χ2n) is 7.93. The zero-order valence-corrected chi connectivity index (χ0v) is 21.8. The minimum Gasteiger partial charge on any atom is -0.481 e. The normalized spacial score (nSPS) is 15.3. The summed E-state index contributed by atoms with van der Waals surface area (Å²) < 4.78 is 0. The lowest BCUT2D eigenvalue weighted by Gasteiger charge is -2.28. The molecule has 0 aliphatic rings. The number of carbonyl (C=O) groups is 5. The van der Waals surface area contributed by atoms with Crippen molar-refractivity contribution in [2.24, 2.45) is 11.7 Å². The van der Waals surface area contributed by atoms with E-state index in [0.29, 0.717) is 17.9 Å². The van der Waals surface area contributed by atoms with Crippen LogP contribution in [-0.2, 0) is 24.0 Å². The molecule has 0 aliphatic carbocycles. The van der Waals surface area contributed by atoms with Crippen molar-refractivity contribution in [3.05, 3.63) is 0 Å². The number of nitrogens with one attached hydrogen (secondary N) is 3. The number of rotatable bonds is 18. The minimum atomic E-state index is -1.16. The zero-order valence-electron chi connectivity index (χ0n) is 20.2.